The van der Waals surface area contributed by atoms with E-state index in [9.17, 15) is 9.59 Å². The van der Waals surface area contributed by atoms with Gasteiger partial charge in [-0.15, -0.1) is 0 Å². The molecule has 30 heavy (non-hydrogen) atoms. The molecule has 8 heteroatoms. The monoisotopic (exact) mass is 420 g/mol. The van der Waals surface area contributed by atoms with Crippen molar-refractivity contribution in [3.8, 4) is 17.2 Å². The average molecular weight is 421 g/mol. The van der Waals surface area contributed by atoms with Gasteiger partial charge in [0.1, 0.15) is 0 Å². The maximum absolute atomic E-state index is 13.0. The van der Waals surface area contributed by atoms with Crippen molar-refractivity contribution >= 4 is 11.8 Å². The summed E-state index contributed by atoms with van der Waals surface area (Å²) in [6, 6.07) is 3.35. The molecular weight excluding hydrogens is 388 g/mol. The van der Waals surface area contributed by atoms with E-state index < -0.39 is 0 Å². The number of methoxy groups -OCH3 is 3. The molecule has 0 aliphatic carbocycles. The van der Waals surface area contributed by atoms with E-state index in [1.54, 1.807) is 12.1 Å². The zero-order valence-electron chi connectivity index (χ0n) is 18.1. The standard InChI is InChI=1S/C22H32N2O6/c1-27-18-12-16(13-19(28-2)21(18)29-3)22(26)24-8-6-15(7-9-24)11-20(25)23-14-17-5-4-10-30-17/h12-13,15,17H,4-11,14H2,1-3H3,(H,23,25)/t17-/m1/s1. The molecule has 0 saturated carbocycles. The quantitative estimate of drug-likeness (QED) is 0.694. The van der Waals surface area contributed by atoms with Crippen molar-refractivity contribution < 1.29 is 28.5 Å². The first kappa shape index (κ1) is 22.2. The van der Waals surface area contributed by atoms with Crippen molar-refractivity contribution in [3.63, 3.8) is 0 Å². The second-order valence-corrected chi connectivity index (χ2v) is 7.79. The molecule has 0 radical (unpaired) electrons. The Balaban J connectivity index is 1.52. The fraction of sp³-hybridized carbons (Fsp3) is 0.636. The van der Waals surface area contributed by atoms with Gasteiger partial charge in [0.15, 0.2) is 11.5 Å². The van der Waals surface area contributed by atoms with Gasteiger partial charge in [-0.25, -0.2) is 0 Å². The Morgan fingerprint density at radius 2 is 1.73 bits per heavy atom. The van der Waals surface area contributed by atoms with Gasteiger partial charge in [-0.2, -0.15) is 0 Å². The van der Waals surface area contributed by atoms with Crippen LogP contribution in [0, 0.1) is 5.92 Å². The van der Waals surface area contributed by atoms with Crippen LogP contribution in [0.4, 0.5) is 0 Å². The van der Waals surface area contributed by atoms with E-state index in [0.717, 1.165) is 32.3 Å². The van der Waals surface area contributed by atoms with Crippen LogP contribution in [0.3, 0.4) is 0 Å². The summed E-state index contributed by atoms with van der Waals surface area (Å²) >= 11 is 0. The Morgan fingerprint density at radius 1 is 1.07 bits per heavy atom. The lowest BCUT2D eigenvalue weighted by Gasteiger charge is -2.32. The Kier molecular flexibility index (Phi) is 7.79. The van der Waals surface area contributed by atoms with Crippen LogP contribution in [0.15, 0.2) is 12.1 Å². The highest BCUT2D eigenvalue weighted by atomic mass is 16.5. The van der Waals surface area contributed by atoms with Crippen molar-refractivity contribution in [2.75, 3.05) is 47.6 Å². The molecule has 0 spiro atoms. The number of likely N-dealkylation sites (tertiary alicyclic amines) is 1. The lowest BCUT2D eigenvalue weighted by molar-refractivity contribution is -0.122. The molecule has 8 nitrogen and oxygen atoms in total. The number of hydrogen-bond donors (Lipinski definition) is 1. The number of hydrogen-bond acceptors (Lipinski definition) is 6. The van der Waals surface area contributed by atoms with Crippen LogP contribution in [0.25, 0.3) is 0 Å². The second kappa shape index (κ2) is 10.5. The van der Waals surface area contributed by atoms with Gasteiger partial charge in [0, 0.05) is 38.2 Å². The SMILES string of the molecule is COc1cc(C(=O)N2CCC(CC(=O)NC[C@H]3CCCO3)CC2)cc(OC)c1OC. The minimum absolute atomic E-state index is 0.0694. The number of carbonyl (C=O) groups excluding carboxylic acids is 2. The average Bonchev–Trinajstić information content (AvgIpc) is 3.30. The van der Waals surface area contributed by atoms with E-state index in [4.69, 9.17) is 18.9 Å². The highest BCUT2D eigenvalue weighted by molar-refractivity contribution is 5.95. The van der Waals surface area contributed by atoms with E-state index in [1.165, 1.54) is 21.3 Å². The van der Waals surface area contributed by atoms with Gasteiger partial charge < -0.3 is 29.2 Å². The molecule has 1 aromatic carbocycles. The first-order valence-corrected chi connectivity index (χ1v) is 10.5. The molecule has 2 aliphatic heterocycles. The number of benzene rings is 1. The minimum atomic E-state index is -0.0736. The number of piperidine rings is 1. The van der Waals surface area contributed by atoms with Crippen LogP contribution >= 0.6 is 0 Å². The van der Waals surface area contributed by atoms with Gasteiger partial charge in [-0.1, -0.05) is 0 Å². The maximum atomic E-state index is 13.0. The number of nitrogens with one attached hydrogen (secondary N) is 1. The van der Waals surface area contributed by atoms with E-state index in [-0.39, 0.29) is 17.9 Å². The molecule has 166 valence electrons. The molecule has 2 fully saturated rings. The summed E-state index contributed by atoms with van der Waals surface area (Å²) in [7, 11) is 4.59. The number of ether oxygens (including phenoxy) is 4. The summed E-state index contributed by atoms with van der Waals surface area (Å²) in [5.74, 6) is 1.66. The predicted molar refractivity (Wildman–Crippen MR) is 111 cm³/mol. The van der Waals surface area contributed by atoms with Crippen molar-refractivity contribution in [2.45, 2.75) is 38.2 Å². The van der Waals surface area contributed by atoms with E-state index in [0.29, 0.717) is 54.8 Å². The molecular formula is C22H32N2O6. The first-order chi connectivity index (χ1) is 14.5. The molecule has 2 saturated heterocycles. The minimum Gasteiger partial charge on any atom is -0.493 e. The first-order valence-electron chi connectivity index (χ1n) is 10.5. The van der Waals surface area contributed by atoms with Crippen molar-refractivity contribution in [2.24, 2.45) is 5.92 Å². The van der Waals surface area contributed by atoms with Crippen molar-refractivity contribution in [3.05, 3.63) is 17.7 Å². The Morgan fingerprint density at radius 3 is 2.27 bits per heavy atom. The number of carbonyl (C=O) groups is 2. The fourth-order valence-corrected chi connectivity index (χ4v) is 4.09. The van der Waals surface area contributed by atoms with Crippen LogP contribution in [0.5, 0.6) is 17.2 Å². The highest BCUT2D eigenvalue weighted by Gasteiger charge is 2.27. The molecule has 1 N–H and O–H groups in total. The zero-order chi connectivity index (χ0) is 21.5. The molecule has 3 rings (SSSR count). The molecule has 0 aromatic heterocycles. The highest BCUT2D eigenvalue weighted by Crippen LogP contribution is 2.38. The van der Waals surface area contributed by atoms with Crippen molar-refractivity contribution in [1.82, 2.24) is 10.2 Å². The predicted octanol–water partition coefficient (Wildman–Crippen LogP) is 2.25. The van der Waals surface area contributed by atoms with Gasteiger partial charge in [0.05, 0.1) is 27.4 Å². The normalized spacial score (nSPS) is 19.4. The largest absolute Gasteiger partial charge is 0.493 e. The van der Waals surface area contributed by atoms with Crippen LogP contribution in [0.2, 0.25) is 0 Å². The van der Waals surface area contributed by atoms with E-state index >= 15 is 0 Å². The molecule has 0 unspecified atom stereocenters. The molecule has 2 heterocycles. The van der Waals surface area contributed by atoms with E-state index in [1.807, 2.05) is 4.90 Å². The molecule has 0 bridgehead atoms. The summed E-state index contributed by atoms with van der Waals surface area (Å²) < 4.78 is 21.6. The fourth-order valence-electron chi connectivity index (χ4n) is 4.09. The second-order valence-electron chi connectivity index (χ2n) is 7.79. The summed E-state index contributed by atoms with van der Waals surface area (Å²) in [5.41, 5.74) is 0.497. The van der Waals surface area contributed by atoms with Gasteiger partial charge >= 0.3 is 0 Å². The van der Waals surface area contributed by atoms with Crippen LogP contribution < -0.4 is 19.5 Å². The lowest BCUT2D eigenvalue weighted by Crippen LogP contribution is -2.40. The van der Waals surface area contributed by atoms with Crippen LogP contribution in [0.1, 0.15) is 42.5 Å². The molecule has 2 aliphatic rings. The number of rotatable bonds is 8. The third-order valence-corrected chi connectivity index (χ3v) is 5.84. The van der Waals surface area contributed by atoms with Gasteiger partial charge in [0.2, 0.25) is 11.7 Å². The Labute approximate surface area is 177 Å². The zero-order valence-corrected chi connectivity index (χ0v) is 18.1. The van der Waals surface area contributed by atoms with Gasteiger partial charge in [-0.05, 0) is 43.7 Å². The Hall–Kier alpha value is -2.48. The van der Waals surface area contributed by atoms with Crippen LogP contribution in [-0.4, -0.2) is 70.4 Å². The van der Waals surface area contributed by atoms with Gasteiger partial charge in [-0.3, -0.25) is 9.59 Å². The summed E-state index contributed by atoms with van der Waals surface area (Å²) in [5, 5.41) is 2.98. The van der Waals surface area contributed by atoms with E-state index in [2.05, 4.69) is 5.32 Å². The molecule has 2 amide bonds. The van der Waals surface area contributed by atoms with Crippen molar-refractivity contribution in [1.29, 1.82) is 0 Å². The smallest absolute Gasteiger partial charge is 0.254 e. The van der Waals surface area contributed by atoms with Crippen LogP contribution in [-0.2, 0) is 9.53 Å². The third-order valence-electron chi connectivity index (χ3n) is 5.84. The number of amides is 2. The maximum Gasteiger partial charge on any atom is 0.254 e. The molecule has 1 aromatic rings. The Bertz CT molecular complexity index is 714. The topological polar surface area (TPSA) is 86.3 Å². The third kappa shape index (κ3) is 5.36. The summed E-state index contributed by atoms with van der Waals surface area (Å²) in [6.45, 7) is 2.63. The summed E-state index contributed by atoms with van der Waals surface area (Å²) in [6.07, 6.45) is 4.36. The lowest BCUT2D eigenvalue weighted by atomic mass is 9.92. The number of nitrogens with zero attached hydrogens (tertiary/aromatic N) is 1. The summed E-state index contributed by atoms with van der Waals surface area (Å²) in [4.78, 5) is 27.0. The van der Waals surface area contributed by atoms with Gasteiger partial charge in [0.25, 0.3) is 5.91 Å². The molecule has 1 atom stereocenters.